The van der Waals surface area contributed by atoms with Gasteiger partial charge in [0.15, 0.2) is 0 Å². The molecule has 34 heavy (non-hydrogen) atoms. The van der Waals surface area contributed by atoms with Gasteiger partial charge in [-0.2, -0.15) is 13.2 Å². The molecule has 0 spiro atoms. The number of hydrogen-bond donors (Lipinski definition) is 1. The molecule has 3 rings (SSSR count). The van der Waals surface area contributed by atoms with E-state index in [-0.39, 0.29) is 43.7 Å². The van der Waals surface area contributed by atoms with Crippen LogP contribution in [0.25, 0.3) is 0 Å². The molecule has 1 aromatic carbocycles. The van der Waals surface area contributed by atoms with Crippen molar-refractivity contribution >= 4 is 39.5 Å². The van der Waals surface area contributed by atoms with Gasteiger partial charge < -0.3 is 15.1 Å². The fraction of sp³-hybridized carbons (Fsp3) is 0.455. The van der Waals surface area contributed by atoms with E-state index in [1.54, 1.807) is 43.6 Å². The second-order valence-electron chi connectivity index (χ2n) is 9.06. The van der Waals surface area contributed by atoms with Crippen molar-refractivity contribution in [3.8, 4) is 0 Å². The van der Waals surface area contributed by atoms with E-state index in [0.29, 0.717) is 15.9 Å². The third-order valence-electron chi connectivity index (χ3n) is 5.44. The van der Waals surface area contributed by atoms with E-state index in [1.807, 2.05) is 0 Å². The first-order valence-electron chi connectivity index (χ1n) is 10.5. The molecule has 1 fully saturated rings. The Morgan fingerprint density at radius 3 is 2.24 bits per heavy atom. The molecule has 1 aromatic heterocycles. The zero-order valence-corrected chi connectivity index (χ0v) is 20.0. The van der Waals surface area contributed by atoms with E-state index in [2.05, 4.69) is 5.32 Å². The number of thiophene rings is 1. The van der Waals surface area contributed by atoms with Crippen molar-refractivity contribution in [3.63, 3.8) is 0 Å². The first-order chi connectivity index (χ1) is 15.7. The molecule has 184 valence electrons. The van der Waals surface area contributed by atoms with Gasteiger partial charge in [-0.3, -0.25) is 19.7 Å². The molecular weight excluding hydrogens is 473 g/mol. The van der Waals surface area contributed by atoms with Crippen LogP contribution in [0.2, 0.25) is 0 Å². The van der Waals surface area contributed by atoms with E-state index in [1.165, 1.54) is 11.3 Å². The molecule has 1 aliphatic rings. The Balaban J connectivity index is 1.72. The van der Waals surface area contributed by atoms with Gasteiger partial charge in [-0.15, -0.1) is 11.3 Å². The number of anilines is 2. The number of nitro benzene ring substituents is 1. The molecule has 0 aliphatic carbocycles. The Labute approximate surface area is 198 Å². The third-order valence-corrected chi connectivity index (χ3v) is 6.58. The molecule has 0 atom stereocenters. The highest BCUT2D eigenvalue weighted by Crippen LogP contribution is 2.37. The van der Waals surface area contributed by atoms with Crippen LogP contribution in [-0.2, 0) is 11.0 Å². The van der Waals surface area contributed by atoms with Gasteiger partial charge in [-0.1, -0.05) is 20.8 Å². The van der Waals surface area contributed by atoms with Gasteiger partial charge in [0, 0.05) is 37.7 Å². The summed E-state index contributed by atoms with van der Waals surface area (Å²) in [5.74, 6) is -0.389. The number of nitro groups is 1. The summed E-state index contributed by atoms with van der Waals surface area (Å²) < 4.78 is 38.9. The fourth-order valence-corrected chi connectivity index (χ4v) is 4.50. The Bertz CT molecular complexity index is 1120. The van der Waals surface area contributed by atoms with Crippen molar-refractivity contribution in [1.82, 2.24) is 4.90 Å². The number of nitrogens with zero attached hydrogens (tertiary/aromatic N) is 3. The van der Waals surface area contributed by atoms with Crippen LogP contribution in [0, 0.1) is 22.5 Å². The van der Waals surface area contributed by atoms with Gasteiger partial charge in [-0.25, -0.2) is 0 Å². The van der Waals surface area contributed by atoms with E-state index in [4.69, 9.17) is 0 Å². The van der Waals surface area contributed by atoms with Crippen LogP contribution >= 0.6 is 11.3 Å². The van der Waals surface area contributed by atoms with Crippen LogP contribution in [0.15, 0.2) is 24.3 Å². The van der Waals surface area contributed by atoms with Crippen LogP contribution in [0.3, 0.4) is 0 Å². The predicted octanol–water partition coefficient (Wildman–Crippen LogP) is 4.93. The normalized spacial score (nSPS) is 14.8. The van der Waals surface area contributed by atoms with Gasteiger partial charge in [0.25, 0.3) is 11.6 Å². The summed E-state index contributed by atoms with van der Waals surface area (Å²) in [5.41, 5.74) is -1.48. The average molecular weight is 499 g/mol. The van der Waals surface area contributed by atoms with Gasteiger partial charge in [0.1, 0.15) is 5.69 Å². The summed E-state index contributed by atoms with van der Waals surface area (Å²) in [4.78, 5) is 39.6. The number of hydrogen-bond acceptors (Lipinski definition) is 6. The summed E-state index contributed by atoms with van der Waals surface area (Å²) in [7, 11) is 0. The molecule has 1 saturated heterocycles. The summed E-state index contributed by atoms with van der Waals surface area (Å²) >= 11 is 1.18. The molecular formula is C22H25F3N4O4S. The van der Waals surface area contributed by atoms with Gasteiger partial charge in [0.2, 0.25) is 5.91 Å². The Hall–Kier alpha value is -3.15. The number of alkyl halides is 3. The Morgan fingerprint density at radius 1 is 1.09 bits per heavy atom. The van der Waals surface area contributed by atoms with Crippen molar-refractivity contribution in [2.75, 3.05) is 36.4 Å². The number of aryl methyl sites for hydroxylation is 1. The predicted molar refractivity (Wildman–Crippen MR) is 123 cm³/mol. The number of amides is 2. The molecule has 1 aliphatic heterocycles. The smallest absolute Gasteiger partial charge is 0.362 e. The van der Waals surface area contributed by atoms with Crippen molar-refractivity contribution in [2.45, 2.75) is 33.9 Å². The monoisotopic (exact) mass is 498 g/mol. The van der Waals surface area contributed by atoms with E-state index >= 15 is 0 Å². The van der Waals surface area contributed by atoms with Gasteiger partial charge in [-0.05, 0) is 30.7 Å². The van der Waals surface area contributed by atoms with Gasteiger partial charge >= 0.3 is 6.18 Å². The minimum absolute atomic E-state index is 0.0876. The maximum absolute atomic E-state index is 13.1. The highest BCUT2D eigenvalue weighted by atomic mass is 32.1. The molecule has 0 unspecified atom stereocenters. The number of rotatable bonds is 4. The minimum Gasteiger partial charge on any atom is -0.362 e. The quantitative estimate of drug-likeness (QED) is 0.476. The topological polar surface area (TPSA) is 95.8 Å². The number of halogens is 3. The minimum atomic E-state index is -4.68. The lowest BCUT2D eigenvalue weighted by atomic mass is 9.96. The van der Waals surface area contributed by atoms with Crippen molar-refractivity contribution in [1.29, 1.82) is 0 Å². The first-order valence-corrected chi connectivity index (χ1v) is 11.3. The number of nitrogens with one attached hydrogen (secondary N) is 1. The number of carbonyl (C=O) groups excluding carboxylic acids is 2. The second kappa shape index (κ2) is 9.24. The van der Waals surface area contributed by atoms with Crippen LogP contribution in [0.4, 0.5) is 29.5 Å². The van der Waals surface area contributed by atoms with Crippen LogP contribution in [-0.4, -0.2) is 47.8 Å². The maximum Gasteiger partial charge on any atom is 0.416 e. The van der Waals surface area contributed by atoms with Crippen LogP contribution in [0.1, 0.15) is 41.6 Å². The molecule has 12 heteroatoms. The number of benzene rings is 1. The SMILES string of the molecule is Cc1cc(NC(=O)C(C)(C)C)sc1C(=O)N1CCN(c2ccc(C(F)(F)F)cc2[N+](=O)[O-])CC1. The number of carbonyl (C=O) groups is 2. The molecule has 0 radical (unpaired) electrons. The lowest BCUT2D eigenvalue weighted by Crippen LogP contribution is -2.48. The number of piperazine rings is 1. The highest BCUT2D eigenvalue weighted by molar-refractivity contribution is 7.18. The lowest BCUT2D eigenvalue weighted by Gasteiger charge is -2.35. The lowest BCUT2D eigenvalue weighted by molar-refractivity contribution is -0.384. The largest absolute Gasteiger partial charge is 0.416 e. The van der Waals surface area contributed by atoms with Gasteiger partial charge in [0.05, 0.1) is 20.4 Å². The highest BCUT2D eigenvalue weighted by Gasteiger charge is 2.35. The molecule has 1 N–H and O–H groups in total. The Morgan fingerprint density at radius 2 is 1.71 bits per heavy atom. The zero-order valence-electron chi connectivity index (χ0n) is 19.2. The molecule has 8 nitrogen and oxygen atoms in total. The molecule has 2 heterocycles. The van der Waals surface area contributed by atoms with Crippen molar-refractivity contribution < 1.29 is 27.7 Å². The maximum atomic E-state index is 13.1. The molecule has 0 bridgehead atoms. The molecule has 2 aromatic rings. The first kappa shape index (κ1) is 25.5. The van der Waals surface area contributed by atoms with E-state index < -0.39 is 27.8 Å². The van der Waals surface area contributed by atoms with Crippen molar-refractivity contribution in [3.05, 3.63) is 50.4 Å². The molecule has 2 amide bonds. The van der Waals surface area contributed by atoms with E-state index in [0.717, 1.165) is 17.7 Å². The summed E-state index contributed by atoms with van der Waals surface area (Å²) in [5, 5.41) is 14.8. The Kier molecular flexibility index (Phi) is 6.92. The summed E-state index contributed by atoms with van der Waals surface area (Å²) in [6.07, 6.45) is -4.68. The summed E-state index contributed by atoms with van der Waals surface area (Å²) in [6, 6.07) is 4.20. The molecule has 0 saturated carbocycles. The third kappa shape index (κ3) is 5.49. The summed E-state index contributed by atoms with van der Waals surface area (Å²) in [6.45, 7) is 8.10. The standard InChI is InChI=1S/C22H25F3N4O4S/c1-13-11-17(26-20(31)21(2,3)4)34-18(13)19(30)28-9-7-27(8-10-28)15-6-5-14(22(23,24)25)12-16(15)29(32)33/h5-6,11-12H,7-10H2,1-4H3,(H,26,31). The second-order valence-corrected chi connectivity index (χ2v) is 10.1. The van der Waals surface area contributed by atoms with Crippen LogP contribution < -0.4 is 10.2 Å². The fourth-order valence-electron chi connectivity index (χ4n) is 3.46. The average Bonchev–Trinajstić information content (AvgIpc) is 3.11. The zero-order chi connectivity index (χ0) is 25.4. The van der Waals surface area contributed by atoms with Crippen molar-refractivity contribution in [2.24, 2.45) is 5.41 Å². The van der Waals surface area contributed by atoms with E-state index in [9.17, 15) is 32.9 Å². The van der Waals surface area contributed by atoms with Crippen LogP contribution in [0.5, 0.6) is 0 Å².